The lowest BCUT2D eigenvalue weighted by molar-refractivity contribution is -0.148. The Hall–Kier alpha value is -1.39. The third kappa shape index (κ3) is 3.19. The fourth-order valence-electron chi connectivity index (χ4n) is 2.64. The van der Waals surface area contributed by atoms with Crippen LogP contribution >= 0.6 is 0 Å². The van der Waals surface area contributed by atoms with Gasteiger partial charge < -0.3 is 15.4 Å². The van der Waals surface area contributed by atoms with Crippen molar-refractivity contribution < 1.29 is 9.53 Å². The van der Waals surface area contributed by atoms with Crippen LogP contribution in [0.4, 0.5) is 0 Å². The molecule has 20 heavy (non-hydrogen) atoms. The van der Waals surface area contributed by atoms with Gasteiger partial charge in [0.25, 0.3) is 0 Å². The van der Waals surface area contributed by atoms with Crippen molar-refractivity contribution in [1.29, 1.82) is 0 Å². The zero-order valence-electron chi connectivity index (χ0n) is 12.3. The van der Waals surface area contributed by atoms with E-state index in [-0.39, 0.29) is 5.97 Å². The molecule has 0 heterocycles. The minimum atomic E-state index is -1.06. The van der Waals surface area contributed by atoms with Gasteiger partial charge in [0.1, 0.15) is 5.54 Å². The van der Waals surface area contributed by atoms with E-state index in [0.717, 1.165) is 18.7 Å². The monoisotopic (exact) mass is 276 g/mol. The fourth-order valence-corrected chi connectivity index (χ4v) is 2.64. The standard InChI is InChI=1S/C16H24N2O2/c1-3-18(14-9-10-14)12-11-16(17,15(19)20-2)13-7-5-4-6-8-13/h4-8,14H,3,9-12,17H2,1-2H3. The molecule has 1 saturated carbocycles. The number of benzene rings is 1. The van der Waals surface area contributed by atoms with Gasteiger partial charge in [-0.05, 0) is 31.4 Å². The minimum Gasteiger partial charge on any atom is -0.467 e. The molecule has 4 nitrogen and oxygen atoms in total. The number of esters is 1. The normalized spacial score (nSPS) is 17.8. The van der Waals surface area contributed by atoms with Crippen LogP contribution in [0.15, 0.2) is 30.3 Å². The Balaban J connectivity index is 2.13. The maximum absolute atomic E-state index is 12.2. The molecule has 1 aromatic carbocycles. The average Bonchev–Trinajstić information content (AvgIpc) is 3.32. The van der Waals surface area contributed by atoms with Crippen molar-refractivity contribution in [3.8, 4) is 0 Å². The first-order valence-corrected chi connectivity index (χ1v) is 7.28. The predicted octanol–water partition coefficient (Wildman–Crippen LogP) is 1.89. The molecule has 0 amide bonds. The van der Waals surface area contributed by atoms with Crippen LogP contribution in [-0.2, 0) is 15.1 Å². The number of methoxy groups -OCH3 is 1. The van der Waals surface area contributed by atoms with Crippen molar-refractivity contribution in [3.63, 3.8) is 0 Å². The maximum atomic E-state index is 12.2. The van der Waals surface area contributed by atoms with Crippen molar-refractivity contribution in [2.24, 2.45) is 5.73 Å². The summed E-state index contributed by atoms with van der Waals surface area (Å²) in [6.07, 6.45) is 3.10. The SMILES string of the molecule is CCN(CCC(N)(C(=O)OC)c1ccccc1)C1CC1. The van der Waals surface area contributed by atoms with Crippen LogP contribution in [0.2, 0.25) is 0 Å². The van der Waals surface area contributed by atoms with Gasteiger partial charge in [0.2, 0.25) is 0 Å². The molecule has 1 fully saturated rings. The summed E-state index contributed by atoms with van der Waals surface area (Å²) < 4.78 is 4.93. The molecule has 1 aliphatic rings. The molecule has 1 unspecified atom stereocenters. The molecule has 2 N–H and O–H groups in total. The summed E-state index contributed by atoms with van der Waals surface area (Å²) in [4.78, 5) is 14.6. The summed E-state index contributed by atoms with van der Waals surface area (Å²) in [5.41, 5.74) is 6.16. The van der Waals surface area contributed by atoms with Crippen molar-refractivity contribution >= 4 is 5.97 Å². The molecule has 0 saturated heterocycles. The molecule has 110 valence electrons. The summed E-state index contributed by atoms with van der Waals surface area (Å²) >= 11 is 0. The topological polar surface area (TPSA) is 55.6 Å². The first-order chi connectivity index (χ1) is 9.61. The predicted molar refractivity (Wildman–Crippen MR) is 79.2 cm³/mol. The van der Waals surface area contributed by atoms with E-state index in [9.17, 15) is 4.79 Å². The molecule has 1 aliphatic carbocycles. The Bertz CT molecular complexity index is 445. The zero-order chi connectivity index (χ0) is 14.6. The van der Waals surface area contributed by atoms with Crippen LogP contribution in [0.1, 0.15) is 31.7 Å². The highest BCUT2D eigenvalue weighted by atomic mass is 16.5. The smallest absolute Gasteiger partial charge is 0.330 e. The van der Waals surface area contributed by atoms with E-state index >= 15 is 0 Å². The number of nitrogens with two attached hydrogens (primary N) is 1. The Labute approximate surface area is 120 Å². The van der Waals surface area contributed by atoms with Crippen LogP contribution in [0.25, 0.3) is 0 Å². The molecule has 4 heteroatoms. The van der Waals surface area contributed by atoms with Gasteiger partial charge in [0, 0.05) is 12.6 Å². The number of rotatable bonds is 7. The van der Waals surface area contributed by atoms with E-state index in [1.165, 1.54) is 20.0 Å². The Morgan fingerprint density at radius 2 is 2.05 bits per heavy atom. The van der Waals surface area contributed by atoms with Gasteiger partial charge in [-0.3, -0.25) is 0 Å². The van der Waals surface area contributed by atoms with Crippen LogP contribution < -0.4 is 5.73 Å². The zero-order valence-corrected chi connectivity index (χ0v) is 12.3. The van der Waals surface area contributed by atoms with E-state index in [1.807, 2.05) is 30.3 Å². The minimum absolute atomic E-state index is 0.365. The molecule has 0 spiro atoms. The van der Waals surface area contributed by atoms with Crippen LogP contribution in [0.5, 0.6) is 0 Å². The second-order valence-electron chi connectivity index (χ2n) is 5.44. The molecule has 2 rings (SSSR count). The highest BCUT2D eigenvalue weighted by Crippen LogP contribution is 2.29. The highest BCUT2D eigenvalue weighted by molar-refractivity contribution is 5.82. The Kier molecular flexibility index (Phi) is 4.78. The summed E-state index contributed by atoms with van der Waals surface area (Å²) in [7, 11) is 1.39. The van der Waals surface area contributed by atoms with Crippen molar-refractivity contribution in [2.75, 3.05) is 20.2 Å². The van der Waals surface area contributed by atoms with Gasteiger partial charge in [-0.1, -0.05) is 37.3 Å². The first-order valence-electron chi connectivity index (χ1n) is 7.28. The first kappa shape index (κ1) is 15.0. The van der Waals surface area contributed by atoms with Gasteiger partial charge in [-0.25, -0.2) is 4.79 Å². The van der Waals surface area contributed by atoms with Crippen LogP contribution in [0, 0.1) is 0 Å². The number of hydrogen-bond donors (Lipinski definition) is 1. The quantitative estimate of drug-likeness (QED) is 0.773. The van der Waals surface area contributed by atoms with Gasteiger partial charge >= 0.3 is 5.97 Å². The third-order valence-corrected chi connectivity index (χ3v) is 4.10. The maximum Gasteiger partial charge on any atom is 0.330 e. The van der Waals surface area contributed by atoms with Gasteiger partial charge in [-0.2, -0.15) is 0 Å². The van der Waals surface area contributed by atoms with Gasteiger partial charge in [0.15, 0.2) is 0 Å². The molecular formula is C16H24N2O2. The average molecular weight is 276 g/mol. The van der Waals surface area contributed by atoms with Gasteiger partial charge in [-0.15, -0.1) is 0 Å². The highest BCUT2D eigenvalue weighted by Gasteiger charge is 2.38. The number of carbonyl (C=O) groups is 1. The van der Waals surface area contributed by atoms with Crippen molar-refractivity contribution in [3.05, 3.63) is 35.9 Å². The summed E-state index contributed by atoms with van der Waals surface area (Å²) in [6, 6.07) is 10.2. The lowest BCUT2D eigenvalue weighted by atomic mass is 9.87. The third-order valence-electron chi connectivity index (χ3n) is 4.10. The lowest BCUT2D eigenvalue weighted by Crippen LogP contribution is -2.48. The van der Waals surface area contributed by atoms with Crippen molar-refractivity contribution in [2.45, 2.75) is 37.8 Å². The number of ether oxygens (including phenoxy) is 1. The lowest BCUT2D eigenvalue weighted by Gasteiger charge is -2.30. The molecular weight excluding hydrogens is 252 g/mol. The molecule has 0 aliphatic heterocycles. The molecule has 1 aromatic rings. The number of nitrogens with zero attached hydrogens (tertiary/aromatic N) is 1. The van der Waals surface area contributed by atoms with Crippen LogP contribution in [-0.4, -0.2) is 37.1 Å². The largest absolute Gasteiger partial charge is 0.467 e. The number of carbonyl (C=O) groups excluding carboxylic acids is 1. The molecule has 1 atom stereocenters. The summed E-state index contributed by atoms with van der Waals surface area (Å²) in [6.45, 7) is 3.97. The van der Waals surface area contributed by atoms with Crippen molar-refractivity contribution in [1.82, 2.24) is 4.90 Å². The molecule has 0 bridgehead atoms. The van der Waals surface area contributed by atoms with E-state index in [0.29, 0.717) is 12.5 Å². The van der Waals surface area contributed by atoms with E-state index < -0.39 is 5.54 Å². The second-order valence-corrected chi connectivity index (χ2v) is 5.44. The fraction of sp³-hybridized carbons (Fsp3) is 0.562. The van der Waals surface area contributed by atoms with Crippen LogP contribution in [0.3, 0.4) is 0 Å². The van der Waals surface area contributed by atoms with E-state index in [4.69, 9.17) is 10.5 Å². The Morgan fingerprint density at radius 1 is 1.40 bits per heavy atom. The van der Waals surface area contributed by atoms with Gasteiger partial charge in [0.05, 0.1) is 7.11 Å². The number of hydrogen-bond acceptors (Lipinski definition) is 4. The molecule has 0 radical (unpaired) electrons. The summed E-state index contributed by atoms with van der Waals surface area (Å²) in [5.74, 6) is -0.365. The van der Waals surface area contributed by atoms with E-state index in [2.05, 4.69) is 11.8 Å². The Morgan fingerprint density at radius 3 is 2.55 bits per heavy atom. The van der Waals surface area contributed by atoms with E-state index in [1.54, 1.807) is 0 Å². The second kappa shape index (κ2) is 6.37. The summed E-state index contributed by atoms with van der Waals surface area (Å²) in [5, 5.41) is 0. The molecule has 0 aromatic heterocycles.